The lowest BCUT2D eigenvalue weighted by Crippen LogP contribution is -2.50. The lowest BCUT2D eigenvalue weighted by atomic mass is 10.1. The molecule has 2 fully saturated rings. The second-order valence-electron chi connectivity index (χ2n) is 7.02. The second kappa shape index (κ2) is 9.02. The molecule has 3 rings (SSSR count). The zero-order chi connectivity index (χ0) is 21.3. The summed E-state index contributed by atoms with van der Waals surface area (Å²) in [6.45, 7) is -0.635. The van der Waals surface area contributed by atoms with Crippen molar-refractivity contribution >= 4 is 10.9 Å². The summed E-state index contributed by atoms with van der Waals surface area (Å²) in [5.41, 5.74) is -1.08. The van der Waals surface area contributed by atoms with Gasteiger partial charge in [-0.25, -0.2) is 0 Å². The smallest absolute Gasteiger partial charge is 0.391 e. The summed E-state index contributed by atoms with van der Waals surface area (Å²) >= 11 is 0. The maximum atomic E-state index is 12.9. The molecule has 8 nitrogen and oxygen atoms in total. The van der Waals surface area contributed by atoms with E-state index in [1.165, 1.54) is 6.07 Å². The van der Waals surface area contributed by atoms with E-state index in [9.17, 15) is 38.7 Å². The van der Waals surface area contributed by atoms with Crippen LogP contribution in [0, 0.1) is 0 Å². The minimum absolute atomic E-state index is 0.0396. The van der Waals surface area contributed by atoms with Gasteiger partial charge in [0.05, 0.1) is 13.2 Å². The summed E-state index contributed by atoms with van der Waals surface area (Å²) in [4.78, 5) is 3.27. The fourth-order valence-corrected chi connectivity index (χ4v) is 6.11. The Labute approximate surface area is 167 Å². The number of aliphatic hydroxyl groups is 5. The average Bonchev–Trinajstić information content (AvgIpc) is 2.94. The van der Waals surface area contributed by atoms with Crippen molar-refractivity contribution in [2.24, 2.45) is 0 Å². The molecule has 8 atom stereocenters. The third kappa shape index (κ3) is 5.02. The van der Waals surface area contributed by atoms with Crippen LogP contribution in [-0.2, 0) is 26.5 Å². The molecule has 5 N–H and O–H groups in total. The first-order valence-electron chi connectivity index (χ1n) is 8.91. The summed E-state index contributed by atoms with van der Waals surface area (Å²) in [5, 5.41) is 49.2. The molecule has 1 aromatic heterocycles. The predicted octanol–water partition coefficient (Wildman–Crippen LogP) is -1.05. The van der Waals surface area contributed by atoms with Gasteiger partial charge in [0.15, 0.2) is 11.5 Å². The first-order valence-corrected chi connectivity index (χ1v) is 10.5. The van der Waals surface area contributed by atoms with Gasteiger partial charge in [-0.05, 0) is 12.1 Å². The molecular formula is C17H23F3NO7S+. The largest absolute Gasteiger partial charge is 0.433 e. The van der Waals surface area contributed by atoms with E-state index < -0.39 is 64.8 Å². The molecule has 3 heterocycles. The van der Waals surface area contributed by atoms with Gasteiger partial charge >= 0.3 is 6.18 Å². The van der Waals surface area contributed by atoms with Crippen LogP contribution in [0.5, 0.6) is 0 Å². The highest BCUT2D eigenvalue weighted by Crippen LogP contribution is 2.33. The Balaban J connectivity index is 1.70. The van der Waals surface area contributed by atoms with Crippen LogP contribution in [0.1, 0.15) is 17.5 Å². The van der Waals surface area contributed by atoms with Crippen molar-refractivity contribution in [1.82, 2.24) is 4.98 Å². The number of aliphatic hydroxyl groups excluding tert-OH is 5. The molecule has 0 saturated carbocycles. The Morgan fingerprint density at radius 1 is 1.24 bits per heavy atom. The molecule has 0 aromatic carbocycles. The lowest BCUT2D eigenvalue weighted by Gasteiger charge is -2.36. The fourth-order valence-electron chi connectivity index (χ4n) is 3.43. The zero-order valence-electron chi connectivity index (χ0n) is 15.1. The van der Waals surface area contributed by atoms with Crippen molar-refractivity contribution in [1.29, 1.82) is 0 Å². The van der Waals surface area contributed by atoms with E-state index in [0.29, 0.717) is 0 Å². The minimum Gasteiger partial charge on any atom is -0.391 e. The molecule has 2 unspecified atom stereocenters. The highest BCUT2D eigenvalue weighted by molar-refractivity contribution is 7.97. The lowest BCUT2D eigenvalue weighted by molar-refractivity contribution is -0.273. The van der Waals surface area contributed by atoms with Gasteiger partial charge in [-0.1, -0.05) is 0 Å². The van der Waals surface area contributed by atoms with E-state index in [1.807, 2.05) is 0 Å². The monoisotopic (exact) mass is 442 g/mol. The van der Waals surface area contributed by atoms with Gasteiger partial charge in [0.1, 0.15) is 47.7 Å². The van der Waals surface area contributed by atoms with Crippen LogP contribution >= 0.6 is 0 Å². The molecule has 0 amide bonds. The van der Waals surface area contributed by atoms with Crippen molar-refractivity contribution in [3.63, 3.8) is 0 Å². The van der Waals surface area contributed by atoms with Gasteiger partial charge in [-0.15, -0.1) is 0 Å². The van der Waals surface area contributed by atoms with Crippen molar-refractivity contribution in [3.05, 3.63) is 29.6 Å². The van der Waals surface area contributed by atoms with Gasteiger partial charge in [0.2, 0.25) is 0 Å². The quantitative estimate of drug-likeness (QED) is 0.365. The van der Waals surface area contributed by atoms with Gasteiger partial charge in [0, 0.05) is 22.7 Å². The van der Waals surface area contributed by atoms with E-state index >= 15 is 0 Å². The standard InChI is InChI=1S/C17H23F3NO7S/c18-17(19,20)13-3-8(1-2-21-13)16-27-5-9(23)15(28-16)11(25)7-29-6-10(24)14(26)12(29)4-22/h1-3,9-12,14-16,22-26H,4-7H2/q+1/t9-,10-,11-,12-,14+,15+,16?,29?/m1/s1. The molecule has 2 saturated heterocycles. The summed E-state index contributed by atoms with van der Waals surface area (Å²) in [6, 6.07) is 2.06. The normalized spacial score (nSPS) is 36.9. The van der Waals surface area contributed by atoms with Crippen molar-refractivity contribution in [3.8, 4) is 0 Å². The van der Waals surface area contributed by atoms with Crippen molar-refractivity contribution in [2.75, 3.05) is 24.7 Å². The van der Waals surface area contributed by atoms with Crippen molar-refractivity contribution in [2.45, 2.75) is 48.2 Å². The molecule has 12 heteroatoms. The molecule has 164 valence electrons. The number of ether oxygens (including phenoxy) is 2. The van der Waals surface area contributed by atoms with E-state index in [1.54, 1.807) is 0 Å². The van der Waals surface area contributed by atoms with Crippen LogP contribution in [0.4, 0.5) is 13.2 Å². The van der Waals surface area contributed by atoms with Crippen LogP contribution in [0.3, 0.4) is 0 Å². The molecule has 0 spiro atoms. The number of rotatable bonds is 5. The molecule has 2 aliphatic rings. The minimum atomic E-state index is -4.65. The van der Waals surface area contributed by atoms with Crippen LogP contribution < -0.4 is 0 Å². The van der Waals surface area contributed by atoms with E-state index in [-0.39, 0.29) is 30.3 Å². The van der Waals surface area contributed by atoms with Gasteiger partial charge in [-0.3, -0.25) is 4.98 Å². The number of alkyl halides is 3. The molecule has 2 aliphatic heterocycles. The summed E-state index contributed by atoms with van der Waals surface area (Å²) in [6.07, 6.45) is -10.7. The second-order valence-corrected chi connectivity index (χ2v) is 9.37. The number of aromatic nitrogens is 1. The SMILES string of the molecule is OC[C@@H]1[C@@H](O)[C@H](O)C[S+]1C[C@@H](O)[C@H]1OC(c2ccnc(C(F)(F)F)c2)OC[C@H]1O. The summed E-state index contributed by atoms with van der Waals surface area (Å²) < 4.78 is 49.5. The van der Waals surface area contributed by atoms with Gasteiger partial charge in [-0.2, -0.15) is 13.2 Å². The van der Waals surface area contributed by atoms with Crippen LogP contribution in [0.2, 0.25) is 0 Å². The predicted molar refractivity (Wildman–Crippen MR) is 94.8 cm³/mol. The number of nitrogens with zero attached hydrogens (tertiary/aromatic N) is 1. The first kappa shape index (κ1) is 22.7. The summed E-state index contributed by atoms with van der Waals surface area (Å²) in [5.74, 6) is 0.226. The maximum absolute atomic E-state index is 12.9. The van der Waals surface area contributed by atoms with Crippen molar-refractivity contribution < 1.29 is 48.2 Å². The maximum Gasteiger partial charge on any atom is 0.433 e. The number of halogens is 3. The van der Waals surface area contributed by atoms with E-state index in [0.717, 1.165) is 12.3 Å². The van der Waals surface area contributed by atoms with Crippen LogP contribution in [0.15, 0.2) is 18.3 Å². The topological polar surface area (TPSA) is 132 Å². The fraction of sp³-hybridized carbons (Fsp3) is 0.706. The van der Waals surface area contributed by atoms with Gasteiger partial charge < -0.3 is 35.0 Å². The van der Waals surface area contributed by atoms with Gasteiger partial charge in [0.25, 0.3) is 0 Å². The first-order chi connectivity index (χ1) is 13.6. The summed E-state index contributed by atoms with van der Waals surface area (Å²) in [7, 11) is -0.734. The molecule has 1 aromatic rings. The average molecular weight is 442 g/mol. The van der Waals surface area contributed by atoms with Crippen LogP contribution in [0.25, 0.3) is 0 Å². The Hall–Kier alpha value is -0.990. The number of hydrogen-bond donors (Lipinski definition) is 5. The Morgan fingerprint density at radius 2 is 1.97 bits per heavy atom. The number of hydrogen-bond acceptors (Lipinski definition) is 8. The van der Waals surface area contributed by atoms with E-state index in [2.05, 4.69) is 4.98 Å². The Bertz CT molecular complexity index is 697. The van der Waals surface area contributed by atoms with E-state index in [4.69, 9.17) is 9.47 Å². The molecule has 0 radical (unpaired) electrons. The highest BCUT2D eigenvalue weighted by atomic mass is 32.2. The Kier molecular flexibility index (Phi) is 7.06. The molecule has 0 bridgehead atoms. The molecule has 0 aliphatic carbocycles. The molecule has 29 heavy (non-hydrogen) atoms. The zero-order valence-corrected chi connectivity index (χ0v) is 16.0. The molecular weight excluding hydrogens is 419 g/mol. The third-order valence-electron chi connectivity index (χ3n) is 4.96. The number of pyridine rings is 1. The highest BCUT2D eigenvalue weighted by Gasteiger charge is 2.51. The third-order valence-corrected chi connectivity index (χ3v) is 7.78. The Morgan fingerprint density at radius 3 is 2.62 bits per heavy atom. The van der Waals surface area contributed by atoms with Crippen LogP contribution in [-0.4, -0.2) is 91.0 Å².